The minimum Gasteiger partial charge on any atom is -0.494 e. The molecule has 0 spiro atoms. The maximum absolute atomic E-state index is 12.7. The smallest absolute Gasteiger partial charge is 0.334 e. The van der Waals surface area contributed by atoms with E-state index in [-0.39, 0.29) is 18.0 Å². The molecular weight excluding hydrogens is 420 g/mol. The molecule has 4 rings (SSSR count). The third-order valence-corrected chi connectivity index (χ3v) is 5.96. The van der Waals surface area contributed by atoms with Crippen LogP contribution in [-0.2, 0) is 23.8 Å². The number of benzene rings is 1. The molecule has 33 heavy (non-hydrogen) atoms. The van der Waals surface area contributed by atoms with Gasteiger partial charge in [-0.1, -0.05) is 30.9 Å². The Morgan fingerprint density at radius 2 is 1.91 bits per heavy atom. The summed E-state index contributed by atoms with van der Waals surface area (Å²) in [6, 6.07) is 7.44. The van der Waals surface area contributed by atoms with Gasteiger partial charge in [0.25, 0.3) is 0 Å². The average Bonchev–Trinajstić information content (AvgIpc) is 3.24. The van der Waals surface area contributed by atoms with E-state index in [9.17, 15) is 9.59 Å². The summed E-state index contributed by atoms with van der Waals surface area (Å²) in [5.41, 5.74) is 3.05. The lowest BCUT2D eigenvalue weighted by molar-refractivity contribution is -0.143. The van der Waals surface area contributed by atoms with Gasteiger partial charge in [0.05, 0.1) is 12.5 Å². The molecule has 0 amide bonds. The fourth-order valence-corrected chi connectivity index (χ4v) is 4.39. The third-order valence-electron chi connectivity index (χ3n) is 5.96. The zero-order chi connectivity index (χ0) is 23.5. The summed E-state index contributed by atoms with van der Waals surface area (Å²) in [4.78, 5) is 25.0. The Labute approximate surface area is 193 Å². The van der Waals surface area contributed by atoms with Crippen molar-refractivity contribution in [3.63, 3.8) is 0 Å². The summed E-state index contributed by atoms with van der Waals surface area (Å²) in [7, 11) is 0. The second-order valence-corrected chi connectivity index (χ2v) is 8.42. The first-order valence-corrected chi connectivity index (χ1v) is 11.1. The van der Waals surface area contributed by atoms with Gasteiger partial charge >= 0.3 is 11.9 Å². The predicted octanol–water partition coefficient (Wildman–Crippen LogP) is 4.69. The molecule has 4 atom stereocenters. The van der Waals surface area contributed by atoms with Gasteiger partial charge in [-0.3, -0.25) is 0 Å². The fraction of sp³-hybridized carbons (Fsp3) is 0.333. The highest BCUT2D eigenvalue weighted by molar-refractivity contribution is 5.91. The van der Waals surface area contributed by atoms with Gasteiger partial charge in [-0.2, -0.15) is 0 Å². The molecule has 0 saturated carbocycles. The van der Waals surface area contributed by atoms with Crippen LogP contribution in [-0.4, -0.2) is 36.9 Å². The van der Waals surface area contributed by atoms with Crippen molar-refractivity contribution < 1.29 is 28.5 Å². The number of carbonyl (C=O) groups is 2. The van der Waals surface area contributed by atoms with Crippen LogP contribution < -0.4 is 4.74 Å². The van der Waals surface area contributed by atoms with Crippen molar-refractivity contribution in [2.24, 2.45) is 5.92 Å². The van der Waals surface area contributed by atoms with Crippen molar-refractivity contribution in [3.05, 3.63) is 83.7 Å². The molecule has 0 aromatic heterocycles. The number of hydrogen-bond donors (Lipinski definition) is 0. The van der Waals surface area contributed by atoms with Gasteiger partial charge in [0.1, 0.15) is 29.8 Å². The highest BCUT2D eigenvalue weighted by Crippen LogP contribution is 2.41. The van der Waals surface area contributed by atoms with Gasteiger partial charge in [-0.25, -0.2) is 9.59 Å². The Hall–Kier alpha value is -3.54. The van der Waals surface area contributed by atoms with Crippen LogP contribution in [0.1, 0.15) is 32.3 Å². The zero-order valence-electron chi connectivity index (χ0n) is 18.9. The van der Waals surface area contributed by atoms with Crippen molar-refractivity contribution in [3.8, 4) is 5.75 Å². The van der Waals surface area contributed by atoms with Crippen molar-refractivity contribution in [1.82, 2.24) is 0 Å². The minimum atomic E-state index is -0.604. The van der Waals surface area contributed by atoms with Crippen LogP contribution in [0.4, 0.5) is 0 Å². The summed E-state index contributed by atoms with van der Waals surface area (Å²) in [5.74, 6) is 0.0726. The highest BCUT2D eigenvalue weighted by atomic mass is 16.6. The summed E-state index contributed by atoms with van der Waals surface area (Å²) < 4.78 is 22.7. The van der Waals surface area contributed by atoms with Crippen LogP contribution >= 0.6 is 0 Å². The normalized spacial score (nSPS) is 28.4. The summed E-state index contributed by atoms with van der Waals surface area (Å²) in [5, 5.41) is 0. The van der Waals surface area contributed by atoms with E-state index in [1.54, 1.807) is 6.08 Å². The Bertz CT molecular complexity index is 1060. The molecule has 0 N–H and O–H groups in total. The molecule has 2 bridgehead atoms. The van der Waals surface area contributed by atoms with E-state index in [1.165, 1.54) is 6.08 Å². The van der Waals surface area contributed by atoms with Gasteiger partial charge in [0.15, 0.2) is 0 Å². The lowest BCUT2D eigenvalue weighted by Crippen LogP contribution is -2.32. The zero-order valence-corrected chi connectivity index (χ0v) is 18.9. The Balaban J connectivity index is 1.54. The van der Waals surface area contributed by atoms with E-state index >= 15 is 0 Å². The summed E-state index contributed by atoms with van der Waals surface area (Å²) in [6.07, 6.45) is 6.41. The molecule has 1 aromatic carbocycles. The molecule has 2 aliphatic heterocycles. The van der Waals surface area contributed by atoms with E-state index < -0.39 is 18.2 Å². The quantitative estimate of drug-likeness (QED) is 0.370. The molecular formula is C27H28O6. The third kappa shape index (κ3) is 5.11. The molecule has 2 heterocycles. The Kier molecular flexibility index (Phi) is 6.54. The first-order valence-electron chi connectivity index (χ1n) is 11.1. The van der Waals surface area contributed by atoms with Crippen LogP contribution in [0.25, 0.3) is 6.08 Å². The van der Waals surface area contributed by atoms with Crippen molar-refractivity contribution in [1.29, 1.82) is 0 Å². The first kappa shape index (κ1) is 22.6. The Morgan fingerprint density at radius 3 is 2.64 bits per heavy atom. The second kappa shape index (κ2) is 9.53. The van der Waals surface area contributed by atoms with E-state index in [0.29, 0.717) is 36.4 Å². The number of fused-ring (bicyclic) bond motifs is 2. The lowest BCUT2D eigenvalue weighted by atomic mass is 9.85. The highest BCUT2D eigenvalue weighted by Gasteiger charge is 2.44. The number of esters is 2. The Morgan fingerprint density at radius 1 is 1.15 bits per heavy atom. The maximum atomic E-state index is 12.7. The SMILES string of the molecule is C=C1O[C@H]2CC3=C[C@@H](C/C(C)=C/[C@@H](OC(=O)/C=C/c4ccc(OCC)cc4)[C@@H]2C1=C)OC3=O. The van der Waals surface area contributed by atoms with Crippen LogP contribution in [0.5, 0.6) is 5.75 Å². The van der Waals surface area contributed by atoms with Gasteiger partial charge in [0, 0.05) is 24.5 Å². The molecule has 1 aromatic rings. The van der Waals surface area contributed by atoms with Crippen molar-refractivity contribution in [2.45, 2.75) is 45.0 Å². The standard InChI is InChI=1S/C27H28O6/c1-5-30-21-9-6-19(7-10-21)8-11-25(28)33-23-13-16(2)12-22-14-20(27(29)32-22)15-24-26(23)17(3)18(4)31-24/h6-11,13-14,22-24,26H,3-5,12,15H2,1-2H3/b11-8+,16-13+/t22-,23-,24+,26+/m1/s1. The molecule has 1 aliphatic carbocycles. The van der Waals surface area contributed by atoms with E-state index in [2.05, 4.69) is 13.2 Å². The monoisotopic (exact) mass is 448 g/mol. The predicted molar refractivity (Wildman–Crippen MR) is 124 cm³/mol. The molecule has 3 aliphatic rings. The number of rotatable bonds is 5. The fourth-order valence-electron chi connectivity index (χ4n) is 4.39. The van der Waals surface area contributed by atoms with E-state index in [4.69, 9.17) is 18.9 Å². The van der Waals surface area contributed by atoms with E-state index in [1.807, 2.05) is 50.3 Å². The van der Waals surface area contributed by atoms with Crippen molar-refractivity contribution >= 4 is 18.0 Å². The van der Waals surface area contributed by atoms with Gasteiger partial charge in [-0.15, -0.1) is 0 Å². The second-order valence-electron chi connectivity index (χ2n) is 8.42. The molecule has 6 heteroatoms. The molecule has 1 saturated heterocycles. The number of allylic oxidation sites excluding steroid dienone is 1. The van der Waals surface area contributed by atoms with Crippen LogP contribution in [0.15, 0.2) is 78.1 Å². The number of ether oxygens (including phenoxy) is 4. The number of carbonyl (C=O) groups excluding carboxylic acids is 2. The molecule has 172 valence electrons. The van der Waals surface area contributed by atoms with Gasteiger partial charge in [0.2, 0.25) is 0 Å². The van der Waals surface area contributed by atoms with Crippen LogP contribution in [0.2, 0.25) is 0 Å². The van der Waals surface area contributed by atoms with Crippen LogP contribution in [0, 0.1) is 5.92 Å². The topological polar surface area (TPSA) is 71.1 Å². The minimum absolute atomic E-state index is 0.316. The summed E-state index contributed by atoms with van der Waals surface area (Å²) >= 11 is 0. The summed E-state index contributed by atoms with van der Waals surface area (Å²) in [6.45, 7) is 12.5. The van der Waals surface area contributed by atoms with Crippen molar-refractivity contribution in [2.75, 3.05) is 6.61 Å². The average molecular weight is 449 g/mol. The first-order chi connectivity index (χ1) is 15.8. The molecule has 1 fully saturated rings. The largest absolute Gasteiger partial charge is 0.494 e. The van der Waals surface area contributed by atoms with E-state index in [0.717, 1.165) is 16.9 Å². The maximum Gasteiger partial charge on any atom is 0.334 e. The van der Waals surface area contributed by atoms with Gasteiger partial charge < -0.3 is 18.9 Å². The van der Waals surface area contributed by atoms with Gasteiger partial charge in [-0.05, 0) is 55.3 Å². The number of hydrogen-bond acceptors (Lipinski definition) is 6. The molecule has 0 radical (unpaired) electrons. The molecule has 0 unspecified atom stereocenters. The molecule has 6 nitrogen and oxygen atoms in total. The lowest BCUT2D eigenvalue weighted by Gasteiger charge is -2.26. The van der Waals surface area contributed by atoms with Crippen LogP contribution in [0.3, 0.4) is 0 Å².